The number of aromatic nitrogens is 5. The molecule has 3 saturated heterocycles. The summed E-state index contributed by atoms with van der Waals surface area (Å²) < 4.78 is 54.3. The molecular weight excluding hydrogens is 453 g/mol. The van der Waals surface area contributed by atoms with E-state index < -0.39 is 18.8 Å². The lowest BCUT2D eigenvalue weighted by Gasteiger charge is -2.40. The number of alkyl halides is 3. The van der Waals surface area contributed by atoms with Crippen LogP contribution < -0.4 is 9.80 Å². The first-order chi connectivity index (χ1) is 16.5. The van der Waals surface area contributed by atoms with Gasteiger partial charge in [-0.2, -0.15) is 33.3 Å². The van der Waals surface area contributed by atoms with E-state index >= 15 is 0 Å². The Morgan fingerprint density at radius 1 is 1.15 bits per heavy atom. The van der Waals surface area contributed by atoms with Gasteiger partial charge in [0.15, 0.2) is 17.2 Å². The molecule has 0 aliphatic carbocycles. The summed E-state index contributed by atoms with van der Waals surface area (Å²) in [4.78, 5) is 8.26. The van der Waals surface area contributed by atoms with Crippen LogP contribution in [0.2, 0.25) is 0 Å². The van der Waals surface area contributed by atoms with Crippen LogP contribution in [-0.4, -0.2) is 82.2 Å². The summed E-state index contributed by atoms with van der Waals surface area (Å²) in [5.41, 5.74) is 0.571. The molecule has 3 atom stereocenters. The van der Waals surface area contributed by atoms with Crippen molar-refractivity contribution in [2.45, 2.75) is 37.1 Å². The maximum Gasteiger partial charge on any atom is 0.411 e. The highest BCUT2D eigenvalue weighted by molar-refractivity contribution is 5.96. The molecule has 0 aromatic carbocycles. The van der Waals surface area contributed by atoms with Gasteiger partial charge in [0.1, 0.15) is 17.9 Å². The number of rotatable bonds is 3. The number of nitriles is 1. The third-order valence-corrected chi connectivity index (χ3v) is 6.74. The lowest BCUT2D eigenvalue weighted by molar-refractivity contribution is -0.167. The van der Waals surface area contributed by atoms with Gasteiger partial charge in [-0.1, -0.05) is 0 Å². The van der Waals surface area contributed by atoms with Gasteiger partial charge in [0.05, 0.1) is 55.8 Å². The molecule has 13 heteroatoms. The fraction of sp³-hybridized carbons (Fsp3) is 0.524. The predicted octanol–water partition coefficient (Wildman–Crippen LogP) is 2.15. The largest absolute Gasteiger partial charge is 0.411 e. The molecule has 1 N–H and O–H groups in total. The Bertz CT molecular complexity index is 1240. The number of ether oxygens (including phenoxy) is 2. The molecule has 2 bridgehead atoms. The third-order valence-electron chi connectivity index (χ3n) is 6.74. The molecule has 6 rings (SSSR count). The molecule has 3 aliphatic heterocycles. The molecule has 0 saturated carbocycles. The number of nitrogens with one attached hydrogen (secondary N) is 1. The Balaban J connectivity index is 1.60. The van der Waals surface area contributed by atoms with Gasteiger partial charge in [0.25, 0.3) is 0 Å². The van der Waals surface area contributed by atoms with Crippen LogP contribution in [0.4, 0.5) is 24.7 Å². The van der Waals surface area contributed by atoms with Crippen LogP contribution in [0.5, 0.6) is 0 Å². The number of H-pyrrole nitrogens is 1. The van der Waals surface area contributed by atoms with E-state index in [9.17, 15) is 18.4 Å². The summed E-state index contributed by atoms with van der Waals surface area (Å²) in [6, 6.07) is 3.71. The minimum atomic E-state index is -4.51. The molecular formula is C21H21F3N8O2. The molecule has 2 unspecified atom stereocenters. The van der Waals surface area contributed by atoms with Gasteiger partial charge in [-0.05, 0) is 12.8 Å². The van der Waals surface area contributed by atoms with E-state index in [0.29, 0.717) is 30.5 Å². The molecule has 0 amide bonds. The number of fused-ring (bicyclic) bond motifs is 3. The zero-order chi connectivity index (χ0) is 23.4. The van der Waals surface area contributed by atoms with E-state index in [1.807, 2.05) is 6.07 Å². The second kappa shape index (κ2) is 7.85. The molecule has 3 aromatic heterocycles. The van der Waals surface area contributed by atoms with Crippen molar-refractivity contribution < 1.29 is 22.6 Å². The van der Waals surface area contributed by atoms with Crippen LogP contribution in [-0.2, 0) is 9.47 Å². The highest BCUT2D eigenvalue weighted by atomic mass is 19.4. The summed E-state index contributed by atoms with van der Waals surface area (Å²) >= 11 is 0. The summed E-state index contributed by atoms with van der Waals surface area (Å²) in [6.07, 6.45) is -1.14. The lowest BCUT2D eigenvalue weighted by Crippen LogP contribution is -2.53. The number of pyridine rings is 1. The topological polar surface area (TPSA) is 108 Å². The summed E-state index contributed by atoms with van der Waals surface area (Å²) in [5, 5.41) is 21.2. The van der Waals surface area contributed by atoms with Crippen molar-refractivity contribution in [3.05, 3.63) is 24.0 Å². The van der Waals surface area contributed by atoms with E-state index in [1.54, 1.807) is 12.1 Å². The number of hydrogen-bond donors (Lipinski definition) is 1. The molecule has 0 spiro atoms. The Labute approximate surface area is 191 Å². The van der Waals surface area contributed by atoms with Crippen molar-refractivity contribution in [2.75, 3.05) is 42.8 Å². The number of aromatic amines is 1. The van der Waals surface area contributed by atoms with Crippen molar-refractivity contribution in [3.8, 4) is 11.9 Å². The number of hydrogen-bond acceptors (Lipinski definition) is 8. The number of morpholine rings is 2. The quantitative estimate of drug-likeness (QED) is 0.615. The standard InChI is InChI=1S/C21H21F3N8O2/c22-21(23,24)16-11-33-6-5-30(16)15-7-18(31-12-1-2-13(31)10-34-9-12)27-20-19(15)14(8-25)29-32(20)17-3-4-26-28-17/h3-4,7,12-13,16H,1-2,5-6,9-11H2,(H,26,28)/t12?,13?,16-/m0/s1. The van der Waals surface area contributed by atoms with E-state index in [1.165, 1.54) is 15.8 Å². The Morgan fingerprint density at radius 2 is 1.94 bits per heavy atom. The highest BCUT2D eigenvalue weighted by Crippen LogP contribution is 2.41. The van der Waals surface area contributed by atoms with Gasteiger partial charge in [0.2, 0.25) is 0 Å². The molecule has 3 aromatic rings. The minimum Gasteiger partial charge on any atom is -0.377 e. The van der Waals surface area contributed by atoms with Crippen molar-refractivity contribution in [2.24, 2.45) is 0 Å². The van der Waals surface area contributed by atoms with Crippen LogP contribution in [0.3, 0.4) is 0 Å². The van der Waals surface area contributed by atoms with Crippen LogP contribution >= 0.6 is 0 Å². The van der Waals surface area contributed by atoms with E-state index in [0.717, 1.165) is 12.8 Å². The zero-order valence-corrected chi connectivity index (χ0v) is 18.0. The molecule has 10 nitrogen and oxygen atoms in total. The average Bonchev–Trinajstić information content (AvgIpc) is 3.54. The highest BCUT2D eigenvalue weighted by Gasteiger charge is 2.47. The molecule has 0 radical (unpaired) electrons. The number of nitrogens with zero attached hydrogens (tertiary/aromatic N) is 7. The third kappa shape index (κ3) is 3.28. The molecule has 3 fully saturated rings. The maximum absolute atomic E-state index is 14.0. The Morgan fingerprint density at radius 3 is 2.62 bits per heavy atom. The van der Waals surface area contributed by atoms with Crippen LogP contribution in [0.15, 0.2) is 18.3 Å². The maximum atomic E-state index is 14.0. The minimum absolute atomic E-state index is 0.00369. The zero-order valence-electron chi connectivity index (χ0n) is 18.0. The Kier molecular flexibility index (Phi) is 4.89. The number of halogens is 3. The van der Waals surface area contributed by atoms with Gasteiger partial charge < -0.3 is 19.3 Å². The van der Waals surface area contributed by atoms with Crippen LogP contribution in [0.25, 0.3) is 16.9 Å². The second-order valence-electron chi connectivity index (χ2n) is 8.67. The first-order valence-electron chi connectivity index (χ1n) is 11.1. The molecule has 6 heterocycles. The lowest BCUT2D eigenvalue weighted by atomic mass is 10.1. The van der Waals surface area contributed by atoms with Crippen molar-refractivity contribution in [1.82, 2.24) is 25.0 Å². The summed E-state index contributed by atoms with van der Waals surface area (Å²) in [7, 11) is 0. The monoisotopic (exact) mass is 474 g/mol. The van der Waals surface area contributed by atoms with E-state index in [4.69, 9.17) is 14.5 Å². The van der Waals surface area contributed by atoms with Crippen molar-refractivity contribution in [3.63, 3.8) is 0 Å². The normalized spacial score (nSPS) is 25.2. The van der Waals surface area contributed by atoms with Crippen molar-refractivity contribution >= 4 is 22.5 Å². The second-order valence-corrected chi connectivity index (χ2v) is 8.67. The van der Waals surface area contributed by atoms with Gasteiger partial charge in [-0.3, -0.25) is 5.10 Å². The molecule has 178 valence electrons. The Hall–Kier alpha value is -3.37. The predicted molar refractivity (Wildman–Crippen MR) is 114 cm³/mol. The molecule has 34 heavy (non-hydrogen) atoms. The first-order valence-corrected chi connectivity index (χ1v) is 11.1. The van der Waals surface area contributed by atoms with Gasteiger partial charge in [0, 0.05) is 18.7 Å². The first kappa shape index (κ1) is 21.2. The van der Waals surface area contributed by atoms with Gasteiger partial charge in [-0.15, -0.1) is 0 Å². The van der Waals surface area contributed by atoms with Crippen LogP contribution in [0.1, 0.15) is 18.5 Å². The smallest absolute Gasteiger partial charge is 0.377 e. The van der Waals surface area contributed by atoms with E-state index in [2.05, 4.69) is 20.2 Å². The fourth-order valence-electron chi connectivity index (χ4n) is 5.22. The average molecular weight is 474 g/mol. The molecule has 3 aliphatic rings. The number of anilines is 2. The SMILES string of the molecule is N#Cc1nn(-c2ccn[nH]2)c2nc(N3C4CCC3COC4)cc(N3CCOC[C@H]3C(F)(F)F)c12. The summed E-state index contributed by atoms with van der Waals surface area (Å²) in [6.45, 7) is 0.765. The van der Waals surface area contributed by atoms with Crippen molar-refractivity contribution in [1.29, 1.82) is 5.26 Å². The summed E-state index contributed by atoms with van der Waals surface area (Å²) in [5.74, 6) is 1.01. The van der Waals surface area contributed by atoms with Crippen LogP contribution in [0, 0.1) is 11.3 Å². The fourth-order valence-corrected chi connectivity index (χ4v) is 5.22. The van der Waals surface area contributed by atoms with Gasteiger partial charge >= 0.3 is 6.18 Å². The van der Waals surface area contributed by atoms with Gasteiger partial charge in [-0.25, -0.2) is 4.98 Å². The van der Waals surface area contributed by atoms with E-state index in [-0.39, 0.29) is 42.0 Å².